The minimum atomic E-state index is -1.88. The predicted molar refractivity (Wildman–Crippen MR) is 61.3 cm³/mol. The van der Waals surface area contributed by atoms with Crippen LogP contribution in [0.25, 0.3) is 10.8 Å². The smallest absolute Gasteiger partial charge is 0.545 e. The first-order valence-corrected chi connectivity index (χ1v) is 5.70. The number of hydrogen-bond acceptors (Lipinski definition) is 8. The molecule has 0 fully saturated rings. The molecule has 12 heteroatoms. The van der Waals surface area contributed by atoms with Crippen LogP contribution in [0, 0.1) is 0 Å². The molecule has 0 heterocycles. The maximum Gasteiger partial charge on any atom is 1.00 e. The van der Waals surface area contributed by atoms with Crippen molar-refractivity contribution in [2.45, 2.75) is 0 Å². The average Bonchev–Trinajstić information content (AvgIpc) is 2.43. The molecule has 0 aliphatic rings. The van der Waals surface area contributed by atoms with Crippen LogP contribution in [0.2, 0.25) is 0 Å². The minimum absolute atomic E-state index is 0. The van der Waals surface area contributed by atoms with Crippen molar-refractivity contribution in [3.05, 3.63) is 46.5 Å². The molecular formula is C14H4Na4O8. The third kappa shape index (κ3) is 6.30. The molecule has 26 heavy (non-hydrogen) atoms. The largest absolute Gasteiger partial charge is 1.00 e. The summed E-state index contributed by atoms with van der Waals surface area (Å²) in [5.41, 5.74) is -3.08. The third-order valence-electron chi connectivity index (χ3n) is 3.05. The van der Waals surface area contributed by atoms with Crippen LogP contribution in [-0.4, -0.2) is 23.9 Å². The topological polar surface area (TPSA) is 161 Å². The number of carbonyl (C=O) groups is 4. The molecule has 2 rings (SSSR count). The Kier molecular flexibility index (Phi) is 15.5. The zero-order valence-electron chi connectivity index (χ0n) is 14.6. The van der Waals surface area contributed by atoms with E-state index in [1.807, 2.05) is 0 Å². The van der Waals surface area contributed by atoms with Gasteiger partial charge in [0.25, 0.3) is 0 Å². The average molecular weight is 392 g/mol. The van der Waals surface area contributed by atoms with Gasteiger partial charge >= 0.3 is 118 Å². The van der Waals surface area contributed by atoms with Crippen molar-refractivity contribution in [3.8, 4) is 0 Å². The van der Waals surface area contributed by atoms with Crippen molar-refractivity contribution in [2.24, 2.45) is 0 Å². The van der Waals surface area contributed by atoms with E-state index in [2.05, 4.69) is 0 Å². The molecule has 0 aliphatic carbocycles. The van der Waals surface area contributed by atoms with Gasteiger partial charge in [-0.15, -0.1) is 0 Å². The summed E-state index contributed by atoms with van der Waals surface area (Å²) in [6.07, 6.45) is 0. The van der Waals surface area contributed by atoms with Gasteiger partial charge in [0.1, 0.15) is 0 Å². The SMILES string of the molecule is O=C([O-])c1ccc2c(C(=O)[O-])c(C(=O)[O-])ccc2c1C(=O)[O-].[Na+].[Na+].[Na+].[Na+]. The summed E-state index contributed by atoms with van der Waals surface area (Å²) in [5.74, 6) is -7.37. The van der Waals surface area contributed by atoms with Crippen LogP contribution >= 0.6 is 0 Å². The van der Waals surface area contributed by atoms with Gasteiger partial charge in [0.05, 0.1) is 23.9 Å². The van der Waals surface area contributed by atoms with Crippen molar-refractivity contribution < 1.29 is 158 Å². The van der Waals surface area contributed by atoms with Crippen molar-refractivity contribution in [1.29, 1.82) is 0 Å². The van der Waals surface area contributed by atoms with Crippen LogP contribution in [0.15, 0.2) is 24.3 Å². The molecule has 2 aromatic rings. The summed E-state index contributed by atoms with van der Waals surface area (Å²) >= 11 is 0. The van der Waals surface area contributed by atoms with Crippen LogP contribution in [-0.2, 0) is 0 Å². The van der Waals surface area contributed by atoms with E-state index in [9.17, 15) is 39.6 Å². The zero-order chi connectivity index (χ0) is 16.6. The fourth-order valence-electron chi connectivity index (χ4n) is 2.19. The molecule has 0 N–H and O–H groups in total. The zero-order valence-corrected chi connectivity index (χ0v) is 22.6. The number of aromatic carboxylic acids is 4. The molecule has 0 amide bonds. The fourth-order valence-corrected chi connectivity index (χ4v) is 2.19. The quantitative estimate of drug-likeness (QED) is 0.464. The Labute approximate surface area is 235 Å². The molecule has 0 atom stereocenters. The Balaban J connectivity index is -0.00000132. The normalized spacial score (nSPS) is 8.77. The van der Waals surface area contributed by atoms with E-state index in [4.69, 9.17) is 0 Å². The van der Waals surface area contributed by atoms with Gasteiger partial charge in [-0.1, -0.05) is 24.3 Å². The number of hydrogen-bond donors (Lipinski definition) is 0. The molecule has 0 radical (unpaired) electrons. The molecule has 0 unspecified atom stereocenters. The van der Waals surface area contributed by atoms with Gasteiger partial charge in [0.2, 0.25) is 0 Å². The van der Waals surface area contributed by atoms with Crippen LogP contribution in [0.3, 0.4) is 0 Å². The first-order valence-electron chi connectivity index (χ1n) is 5.70. The number of benzene rings is 2. The summed E-state index contributed by atoms with van der Waals surface area (Å²) in [4.78, 5) is 44.2. The molecule has 0 bridgehead atoms. The number of carboxylic acids is 4. The van der Waals surface area contributed by atoms with Gasteiger partial charge in [-0.25, -0.2) is 0 Å². The molecule has 112 valence electrons. The van der Waals surface area contributed by atoms with E-state index < -0.39 is 46.1 Å². The van der Waals surface area contributed by atoms with Crippen molar-refractivity contribution in [1.82, 2.24) is 0 Å². The minimum Gasteiger partial charge on any atom is -0.545 e. The third-order valence-corrected chi connectivity index (χ3v) is 3.05. The molecular weight excluding hydrogens is 388 g/mol. The Morgan fingerprint density at radius 2 is 0.769 bits per heavy atom. The maximum atomic E-state index is 11.1. The maximum absolute atomic E-state index is 11.1. The monoisotopic (exact) mass is 392 g/mol. The first kappa shape index (κ1) is 31.3. The van der Waals surface area contributed by atoms with E-state index in [0.29, 0.717) is 0 Å². The molecule has 0 aliphatic heterocycles. The summed E-state index contributed by atoms with van der Waals surface area (Å²) in [7, 11) is 0. The Bertz CT molecular complexity index is 794. The molecule has 0 saturated heterocycles. The Hall–Kier alpha value is 0.580. The summed E-state index contributed by atoms with van der Waals surface area (Å²) < 4.78 is 0. The Morgan fingerprint density at radius 3 is 0.962 bits per heavy atom. The predicted octanol–water partition coefficient (Wildman–Crippen LogP) is -15.7. The van der Waals surface area contributed by atoms with E-state index in [1.54, 1.807) is 0 Å². The number of carbonyl (C=O) groups excluding carboxylic acids is 4. The number of carboxylic acid groups (broad SMARTS) is 4. The first-order chi connectivity index (χ1) is 10.3. The molecule has 0 saturated carbocycles. The van der Waals surface area contributed by atoms with Crippen molar-refractivity contribution in [2.75, 3.05) is 0 Å². The van der Waals surface area contributed by atoms with Crippen LogP contribution in [0.1, 0.15) is 41.4 Å². The van der Waals surface area contributed by atoms with E-state index in [-0.39, 0.29) is 129 Å². The van der Waals surface area contributed by atoms with E-state index in [0.717, 1.165) is 24.3 Å². The second-order valence-electron chi connectivity index (χ2n) is 4.22. The van der Waals surface area contributed by atoms with E-state index >= 15 is 0 Å². The summed E-state index contributed by atoms with van der Waals surface area (Å²) in [6.45, 7) is 0. The van der Waals surface area contributed by atoms with Gasteiger partial charge in [0, 0.05) is 22.3 Å². The molecule has 0 aromatic heterocycles. The molecule has 2 aromatic carbocycles. The van der Waals surface area contributed by atoms with Gasteiger partial charge < -0.3 is 39.6 Å². The van der Waals surface area contributed by atoms with Crippen molar-refractivity contribution >= 4 is 34.6 Å². The second-order valence-corrected chi connectivity index (χ2v) is 4.22. The standard InChI is InChI=1S/C14H8O8.4Na/c15-11(16)7-3-1-5-6(10(7)14(21)22)2-4-8(12(17)18)9(5)13(19)20;;;;/h1-4H,(H,15,16)(H,17,18)(H,19,20)(H,21,22);;;;/q;4*+1/p-4. The van der Waals surface area contributed by atoms with Gasteiger partial charge in [-0.3, -0.25) is 0 Å². The van der Waals surface area contributed by atoms with Gasteiger partial charge in [-0.2, -0.15) is 0 Å². The van der Waals surface area contributed by atoms with Gasteiger partial charge in [-0.05, 0) is 10.8 Å². The number of fused-ring (bicyclic) bond motifs is 1. The molecule has 0 spiro atoms. The Morgan fingerprint density at radius 1 is 0.500 bits per heavy atom. The summed E-state index contributed by atoms with van der Waals surface area (Å²) in [5, 5.41) is 43.5. The second kappa shape index (κ2) is 12.9. The van der Waals surface area contributed by atoms with Crippen LogP contribution in [0.5, 0.6) is 0 Å². The van der Waals surface area contributed by atoms with Crippen LogP contribution in [0.4, 0.5) is 0 Å². The number of rotatable bonds is 4. The van der Waals surface area contributed by atoms with Gasteiger partial charge in [0.15, 0.2) is 0 Å². The summed E-state index contributed by atoms with van der Waals surface area (Å²) in [6, 6.07) is 3.47. The van der Waals surface area contributed by atoms with E-state index in [1.165, 1.54) is 0 Å². The van der Waals surface area contributed by atoms with Crippen molar-refractivity contribution in [3.63, 3.8) is 0 Å². The fraction of sp³-hybridized carbons (Fsp3) is 0. The van der Waals surface area contributed by atoms with Crippen LogP contribution < -0.4 is 139 Å². The molecule has 8 nitrogen and oxygen atoms in total.